The zero-order chi connectivity index (χ0) is 20.6. The monoisotopic (exact) mass is 400 g/mol. The molecule has 0 fully saturated rings. The fraction of sp³-hybridized carbons (Fsp3) is 0.150. The molecule has 0 radical (unpaired) electrons. The minimum absolute atomic E-state index is 0.0390. The van der Waals surface area contributed by atoms with E-state index in [1.54, 1.807) is 6.07 Å². The molecule has 1 amide bonds. The number of nitrogens with zero attached hydrogens (tertiary/aromatic N) is 3. The van der Waals surface area contributed by atoms with Crippen LogP contribution in [-0.2, 0) is 12.7 Å². The van der Waals surface area contributed by atoms with Gasteiger partial charge in [-0.1, -0.05) is 29.8 Å². The number of furan rings is 1. The van der Waals surface area contributed by atoms with Crippen molar-refractivity contribution in [3.8, 4) is 11.5 Å². The van der Waals surface area contributed by atoms with Gasteiger partial charge in [0, 0.05) is 6.54 Å². The molecule has 0 bridgehead atoms. The van der Waals surface area contributed by atoms with Crippen molar-refractivity contribution in [2.75, 3.05) is 0 Å². The highest BCUT2D eigenvalue weighted by Gasteiger charge is 2.36. The minimum atomic E-state index is -4.69. The van der Waals surface area contributed by atoms with Gasteiger partial charge in [0.1, 0.15) is 11.3 Å². The maximum Gasteiger partial charge on any atom is 0.433 e. The van der Waals surface area contributed by atoms with Crippen LogP contribution in [0.25, 0.3) is 17.1 Å². The number of benzene rings is 1. The highest BCUT2D eigenvalue weighted by atomic mass is 19.4. The molecule has 29 heavy (non-hydrogen) atoms. The summed E-state index contributed by atoms with van der Waals surface area (Å²) < 4.78 is 46.4. The number of amides is 1. The molecule has 0 saturated heterocycles. The zero-order valence-corrected chi connectivity index (χ0v) is 15.2. The second-order valence-corrected chi connectivity index (χ2v) is 6.46. The normalized spacial score (nSPS) is 11.7. The van der Waals surface area contributed by atoms with E-state index in [1.165, 1.54) is 12.3 Å². The van der Waals surface area contributed by atoms with Gasteiger partial charge < -0.3 is 9.73 Å². The largest absolute Gasteiger partial charge is 0.463 e. The van der Waals surface area contributed by atoms with Crippen LogP contribution < -0.4 is 5.32 Å². The predicted molar refractivity (Wildman–Crippen MR) is 98.0 cm³/mol. The van der Waals surface area contributed by atoms with E-state index in [9.17, 15) is 18.0 Å². The van der Waals surface area contributed by atoms with Gasteiger partial charge in [0.05, 0.1) is 12.5 Å². The van der Waals surface area contributed by atoms with Crippen molar-refractivity contribution in [3.05, 3.63) is 77.3 Å². The molecule has 0 aliphatic rings. The molecule has 0 saturated carbocycles. The first-order chi connectivity index (χ1) is 13.8. The maximum atomic E-state index is 13.5. The van der Waals surface area contributed by atoms with Crippen LogP contribution >= 0.6 is 0 Å². The Morgan fingerprint density at radius 3 is 2.62 bits per heavy atom. The summed E-state index contributed by atoms with van der Waals surface area (Å²) in [5.74, 6) is -0.414. The van der Waals surface area contributed by atoms with Crippen molar-refractivity contribution < 1.29 is 22.4 Å². The quantitative estimate of drug-likeness (QED) is 0.556. The number of alkyl halides is 3. The van der Waals surface area contributed by atoms with Crippen LogP contribution in [-0.4, -0.2) is 20.5 Å². The number of aromatic nitrogens is 3. The molecule has 0 atom stereocenters. The minimum Gasteiger partial charge on any atom is -0.463 e. The second-order valence-electron chi connectivity index (χ2n) is 6.46. The lowest BCUT2D eigenvalue weighted by molar-refractivity contribution is -0.142. The number of aryl methyl sites for hydroxylation is 1. The number of fused-ring (bicyclic) bond motifs is 1. The van der Waals surface area contributed by atoms with Crippen molar-refractivity contribution in [1.29, 1.82) is 0 Å². The number of carbonyl (C=O) groups is 1. The summed E-state index contributed by atoms with van der Waals surface area (Å²) in [4.78, 5) is 16.8. The van der Waals surface area contributed by atoms with Gasteiger partial charge >= 0.3 is 6.18 Å². The van der Waals surface area contributed by atoms with Gasteiger partial charge in [0.15, 0.2) is 17.1 Å². The van der Waals surface area contributed by atoms with Gasteiger partial charge in [-0.05, 0) is 30.7 Å². The molecule has 6 nitrogen and oxygen atoms in total. The van der Waals surface area contributed by atoms with Crippen LogP contribution in [0.5, 0.6) is 0 Å². The van der Waals surface area contributed by atoms with Gasteiger partial charge in [-0.2, -0.15) is 18.3 Å². The molecular weight excluding hydrogens is 385 g/mol. The van der Waals surface area contributed by atoms with E-state index in [2.05, 4.69) is 15.4 Å². The van der Waals surface area contributed by atoms with E-state index in [-0.39, 0.29) is 29.2 Å². The zero-order valence-electron chi connectivity index (χ0n) is 15.2. The van der Waals surface area contributed by atoms with E-state index in [4.69, 9.17) is 4.42 Å². The molecule has 0 aliphatic carbocycles. The van der Waals surface area contributed by atoms with Crippen LogP contribution in [0.3, 0.4) is 0 Å². The highest BCUT2D eigenvalue weighted by Crippen LogP contribution is 2.32. The Bertz CT molecular complexity index is 1160. The summed E-state index contributed by atoms with van der Waals surface area (Å²) in [6.45, 7) is 2.17. The lowest BCUT2D eigenvalue weighted by atomic mass is 10.1. The molecule has 0 aliphatic heterocycles. The van der Waals surface area contributed by atoms with Crippen molar-refractivity contribution in [2.45, 2.75) is 19.6 Å². The number of carbonyl (C=O) groups excluding carboxylic acids is 1. The molecular formula is C20H15F3N4O2. The lowest BCUT2D eigenvalue weighted by Gasteiger charge is -2.10. The fourth-order valence-electron chi connectivity index (χ4n) is 2.86. The van der Waals surface area contributed by atoms with Crippen molar-refractivity contribution in [2.24, 2.45) is 0 Å². The predicted octanol–water partition coefficient (Wildman–Crippen LogP) is 4.25. The van der Waals surface area contributed by atoms with Crippen LogP contribution in [0.4, 0.5) is 13.2 Å². The average Bonchev–Trinajstić information content (AvgIpc) is 3.35. The first-order valence-corrected chi connectivity index (χ1v) is 8.66. The second kappa shape index (κ2) is 7.08. The summed E-state index contributed by atoms with van der Waals surface area (Å²) >= 11 is 0. The molecule has 1 N–H and O–H groups in total. The van der Waals surface area contributed by atoms with Gasteiger partial charge in [-0.15, -0.1) is 0 Å². The van der Waals surface area contributed by atoms with E-state index >= 15 is 0 Å². The summed E-state index contributed by atoms with van der Waals surface area (Å²) in [6, 6.07) is 11.4. The molecule has 0 unspecified atom stereocenters. The molecule has 1 aromatic carbocycles. The number of hydrogen-bond donors (Lipinski definition) is 1. The van der Waals surface area contributed by atoms with E-state index < -0.39 is 17.8 Å². The molecule has 3 heterocycles. The highest BCUT2D eigenvalue weighted by molar-refractivity contribution is 5.99. The molecule has 148 valence electrons. The lowest BCUT2D eigenvalue weighted by Crippen LogP contribution is -2.23. The van der Waals surface area contributed by atoms with Gasteiger partial charge in [0.2, 0.25) is 0 Å². The summed E-state index contributed by atoms with van der Waals surface area (Å²) in [5, 5.41) is 6.43. The van der Waals surface area contributed by atoms with Gasteiger partial charge in [0.25, 0.3) is 5.91 Å². The molecule has 4 aromatic rings. The third-order valence-corrected chi connectivity index (χ3v) is 4.35. The van der Waals surface area contributed by atoms with Crippen molar-refractivity contribution in [3.63, 3.8) is 0 Å². The SMILES string of the molecule is Cc1ccc(CNC(=O)c2cnn3c(C(F)(F)F)cc(-c4ccco4)nc23)cc1. The van der Waals surface area contributed by atoms with Crippen LogP contribution in [0, 0.1) is 6.92 Å². The number of nitrogens with one attached hydrogen (secondary N) is 1. The van der Waals surface area contributed by atoms with Crippen molar-refractivity contribution >= 4 is 11.6 Å². The maximum absolute atomic E-state index is 13.5. The topological polar surface area (TPSA) is 72.4 Å². The van der Waals surface area contributed by atoms with E-state index in [0.29, 0.717) is 4.52 Å². The van der Waals surface area contributed by atoms with Gasteiger partial charge in [-0.25, -0.2) is 9.50 Å². The Morgan fingerprint density at radius 2 is 1.97 bits per heavy atom. The first-order valence-electron chi connectivity index (χ1n) is 8.66. The Morgan fingerprint density at radius 1 is 1.21 bits per heavy atom. The Labute approximate surface area is 163 Å². The molecule has 9 heteroatoms. The number of rotatable bonds is 4. The first kappa shape index (κ1) is 18.7. The average molecular weight is 400 g/mol. The Balaban J connectivity index is 1.72. The molecule has 4 rings (SSSR count). The van der Waals surface area contributed by atoms with E-state index in [0.717, 1.165) is 23.4 Å². The Kier molecular flexibility index (Phi) is 4.57. The summed E-state index contributed by atoms with van der Waals surface area (Å²) in [7, 11) is 0. The summed E-state index contributed by atoms with van der Waals surface area (Å²) in [6.07, 6.45) is -2.28. The van der Waals surface area contributed by atoms with Crippen LogP contribution in [0.1, 0.15) is 27.2 Å². The number of halogens is 3. The fourth-order valence-corrected chi connectivity index (χ4v) is 2.86. The van der Waals surface area contributed by atoms with Gasteiger partial charge in [-0.3, -0.25) is 4.79 Å². The molecule has 0 spiro atoms. The third-order valence-electron chi connectivity index (χ3n) is 4.35. The number of hydrogen-bond acceptors (Lipinski definition) is 4. The van der Waals surface area contributed by atoms with Crippen LogP contribution in [0.2, 0.25) is 0 Å². The smallest absolute Gasteiger partial charge is 0.433 e. The van der Waals surface area contributed by atoms with Crippen LogP contribution in [0.15, 0.2) is 59.3 Å². The Hall–Kier alpha value is -3.62. The standard InChI is InChI=1S/C20H15F3N4O2/c1-12-4-6-13(7-5-12)10-24-19(28)14-11-25-27-17(20(21,22)23)9-15(26-18(14)27)16-3-2-8-29-16/h2-9,11H,10H2,1H3,(H,24,28). The molecule has 3 aromatic heterocycles. The summed E-state index contributed by atoms with van der Waals surface area (Å²) in [5.41, 5.74) is 0.593. The van der Waals surface area contributed by atoms with Crippen molar-refractivity contribution in [1.82, 2.24) is 19.9 Å². The van der Waals surface area contributed by atoms with E-state index in [1.807, 2.05) is 31.2 Å². The third kappa shape index (κ3) is 3.71.